The van der Waals surface area contributed by atoms with Crippen molar-refractivity contribution < 1.29 is 9.59 Å². The Hall–Kier alpha value is -2.62. The van der Waals surface area contributed by atoms with Crippen LogP contribution in [0.4, 0.5) is 5.69 Å². The molecule has 0 saturated carbocycles. The Morgan fingerprint density at radius 2 is 1.54 bits per heavy atom. The average molecular weight is 324 g/mol. The van der Waals surface area contributed by atoms with Crippen molar-refractivity contribution in [2.75, 3.05) is 5.32 Å². The average Bonchev–Trinajstić information content (AvgIpc) is 2.53. The Labute approximate surface area is 143 Å². The van der Waals surface area contributed by atoms with Gasteiger partial charge in [0.05, 0.1) is 0 Å². The number of amides is 2. The molecule has 2 aromatic carbocycles. The lowest BCUT2D eigenvalue weighted by atomic mass is 9.86. The lowest BCUT2D eigenvalue weighted by molar-refractivity contribution is -0.136. The molecule has 4 heteroatoms. The van der Waals surface area contributed by atoms with E-state index in [1.807, 2.05) is 55.5 Å². The summed E-state index contributed by atoms with van der Waals surface area (Å²) in [4.78, 5) is 24.2. The van der Waals surface area contributed by atoms with Crippen LogP contribution in [0.2, 0.25) is 0 Å². The molecule has 126 valence electrons. The molecule has 0 aliphatic heterocycles. The van der Waals surface area contributed by atoms with E-state index in [4.69, 9.17) is 0 Å². The Morgan fingerprint density at radius 1 is 0.917 bits per heavy atom. The molecular formula is C20H24N2O2. The van der Waals surface area contributed by atoms with Gasteiger partial charge in [-0.3, -0.25) is 9.59 Å². The van der Waals surface area contributed by atoms with E-state index in [-0.39, 0.29) is 5.41 Å². The number of carbonyl (C=O) groups is 2. The molecule has 0 aromatic heterocycles. The van der Waals surface area contributed by atoms with Crippen LogP contribution in [0.25, 0.3) is 0 Å². The van der Waals surface area contributed by atoms with Crippen molar-refractivity contribution >= 4 is 17.5 Å². The van der Waals surface area contributed by atoms with E-state index in [0.717, 1.165) is 16.7 Å². The summed E-state index contributed by atoms with van der Waals surface area (Å²) in [5.74, 6) is -1.29. The highest BCUT2D eigenvalue weighted by Crippen LogP contribution is 2.29. The first-order chi connectivity index (χ1) is 11.3. The lowest BCUT2D eigenvalue weighted by Gasteiger charge is -2.22. The number of para-hydroxylation sites is 1. The molecule has 4 nitrogen and oxygen atoms in total. The van der Waals surface area contributed by atoms with Crippen molar-refractivity contribution in [2.45, 2.75) is 39.7 Å². The Balaban J connectivity index is 2.00. The highest BCUT2D eigenvalue weighted by atomic mass is 16.2. The summed E-state index contributed by atoms with van der Waals surface area (Å²) in [6.45, 7) is 8.52. The number of anilines is 1. The van der Waals surface area contributed by atoms with Crippen LogP contribution in [-0.2, 0) is 21.5 Å². The molecule has 0 unspecified atom stereocenters. The number of aryl methyl sites for hydroxylation is 1. The Kier molecular flexibility index (Phi) is 5.39. The molecule has 0 fully saturated rings. The van der Waals surface area contributed by atoms with Crippen LogP contribution < -0.4 is 10.6 Å². The number of rotatable bonds is 3. The zero-order valence-electron chi connectivity index (χ0n) is 14.6. The van der Waals surface area contributed by atoms with Crippen molar-refractivity contribution in [2.24, 2.45) is 0 Å². The minimum Gasteiger partial charge on any atom is -0.344 e. The van der Waals surface area contributed by atoms with Crippen LogP contribution in [0, 0.1) is 6.92 Å². The normalized spacial score (nSPS) is 11.0. The first-order valence-electron chi connectivity index (χ1n) is 8.01. The van der Waals surface area contributed by atoms with Gasteiger partial charge in [-0.15, -0.1) is 0 Å². The second kappa shape index (κ2) is 7.30. The fourth-order valence-corrected chi connectivity index (χ4v) is 2.39. The minimum absolute atomic E-state index is 0.123. The standard InChI is InChI=1S/C20H24N2O2/c1-14-9-11-15(12-10-14)13-21-18(23)19(24)22-17-8-6-5-7-16(17)20(2,3)4/h5-12H,13H2,1-4H3,(H,21,23)(H,22,24). The smallest absolute Gasteiger partial charge is 0.313 e. The fraction of sp³-hybridized carbons (Fsp3) is 0.300. The molecule has 0 bridgehead atoms. The van der Waals surface area contributed by atoms with Crippen molar-refractivity contribution in [1.82, 2.24) is 5.32 Å². The molecule has 0 aliphatic carbocycles. The van der Waals surface area contributed by atoms with Crippen LogP contribution >= 0.6 is 0 Å². The molecule has 2 rings (SSSR count). The summed E-state index contributed by atoms with van der Waals surface area (Å²) in [7, 11) is 0. The van der Waals surface area contributed by atoms with Gasteiger partial charge < -0.3 is 10.6 Å². The third-order valence-electron chi connectivity index (χ3n) is 3.76. The maximum Gasteiger partial charge on any atom is 0.313 e. The number of hydrogen-bond acceptors (Lipinski definition) is 2. The minimum atomic E-state index is -0.654. The Bertz CT molecular complexity index is 728. The van der Waals surface area contributed by atoms with E-state index in [1.165, 1.54) is 0 Å². The van der Waals surface area contributed by atoms with Gasteiger partial charge in [0.1, 0.15) is 0 Å². The van der Waals surface area contributed by atoms with Crippen molar-refractivity contribution in [1.29, 1.82) is 0 Å². The quantitative estimate of drug-likeness (QED) is 0.848. The number of hydrogen-bond donors (Lipinski definition) is 2. The van der Waals surface area contributed by atoms with Crippen molar-refractivity contribution in [3.8, 4) is 0 Å². The predicted octanol–water partition coefficient (Wildman–Crippen LogP) is 3.55. The van der Waals surface area contributed by atoms with E-state index in [0.29, 0.717) is 12.2 Å². The zero-order valence-corrected chi connectivity index (χ0v) is 14.6. The summed E-state index contributed by atoms with van der Waals surface area (Å²) in [6, 6.07) is 15.3. The molecule has 0 spiro atoms. The van der Waals surface area contributed by atoms with Gasteiger partial charge in [0, 0.05) is 12.2 Å². The maximum absolute atomic E-state index is 12.1. The summed E-state index contributed by atoms with van der Waals surface area (Å²) < 4.78 is 0. The zero-order chi connectivity index (χ0) is 17.7. The topological polar surface area (TPSA) is 58.2 Å². The van der Waals surface area contributed by atoms with Crippen molar-refractivity contribution in [3.05, 3.63) is 65.2 Å². The first-order valence-corrected chi connectivity index (χ1v) is 8.01. The van der Waals surface area contributed by atoms with Crippen LogP contribution in [0.3, 0.4) is 0 Å². The first kappa shape index (κ1) is 17.7. The third-order valence-corrected chi connectivity index (χ3v) is 3.76. The van der Waals surface area contributed by atoms with Crippen LogP contribution in [0.5, 0.6) is 0 Å². The van der Waals surface area contributed by atoms with Gasteiger partial charge in [-0.05, 0) is 29.5 Å². The summed E-state index contributed by atoms with van der Waals surface area (Å²) >= 11 is 0. The third kappa shape index (κ3) is 4.69. The molecular weight excluding hydrogens is 300 g/mol. The summed E-state index contributed by atoms with van der Waals surface area (Å²) in [5, 5.41) is 5.36. The van der Waals surface area contributed by atoms with E-state index in [1.54, 1.807) is 0 Å². The maximum atomic E-state index is 12.1. The SMILES string of the molecule is Cc1ccc(CNC(=O)C(=O)Nc2ccccc2C(C)(C)C)cc1. The van der Waals surface area contributed by atoms with Crippen LogP contribution in [-0.4, -0.2) is 11.8 Å². The molecule has 0 heterocycles. The summed E-state index contributed by atoms with van der Waals surface area (Å²) in [6.07, 6.45) is 0. The van der Waals surface area contributed by atoms with Gasteiger partial charge in [-0.2, -0.15) is 0 Å². The number of benzene rings is 2. The van der Waals surface area contributed by atoms with E-state index in [2.05, 4.69) is 31.4 Å². The highest BCUT2D eigenvalue weighted by Gasteiger charge is 2.20. The van der Waals surface area contributed by atoms with E-state index < -0.39 is 11.8 Å². The van der Waals surface area contributed by atoms with Crippen molar-refractivity contribution in [3.63, 3.8) is 0 Å². The molecule has 0 radical (unpaired) electrons. The van der Waals surface area contributed by atoms with Gasteiger partial charge in [0.25, 0.3) is 0 Å². The largest absolute Gasteiger partial charge is 0.344 e. The van der Waals surface area contributed by atoms with Gasteiger partial charge in [-0.1, -0.05) is 68.8 Å². The number of carbonyl (C=O) groups excluding carboxylic acids is 2. The molecule has 0 saturated heterocycles. The second-order valence-corrected chi connectivity index (χ2v) is 6.92. The molecule has 2 N–H and O–H groups in total. The summed E-state index contributed by atoms with van der Waals surface area (Å²) in [5.41, 5.74) is 3.64. The molecule has 0 aliphatic rings. The second-order valence-electron chi connectivity index (χ2n) is 6.92. The highest BCUT2D eigenvalue weighted by molar-refractivity contribution is 6.39. The van der Waals surface area contributed by atoms with Gasteiger partial charge in [0.15, 0.2) is 0 Å². The van der Waals surface area contributed by atoms with Crippen LogP contribution in [0.15, 0.2) is 48.5 Å². The number of nitrogens with one attached hydrogen (secondary N) is 2. The molecule has 2 aromatic rings. The molecule has 2 amide bonds. The van der Waals surface area contributed by atoms with Crippen LogP contribution in [0.1, 0.15) is 37.5 Å². The molecule has 24 heavy (non-hydrogen) atoms. The van der Waals surface area contributed by atoms with Gasteiger partial charge in [-0.25, -0.2) is 0 Å². The Morgan fingerprint density at radius 3 is 2.17 bits per heavy atom. The monoisotopic (exact) mass is 324 g/mol. The fourth-order valence-electron chi connectivity index (χ4n) is 2.39. The van der Waals surface area contributed by atoms with Gasteiger partial charge in [0.2, 0.25) is 0 Å². The predicted molar refractivity (Wildman–Crippen MR) is 96.8 cm³/mol. The lowest BCUT2D eigenvalue weighted by Crippen LogP contribution is -2.35. The van der Waals surface area contributed by atoms with Gasteiger partial charge >= 0.3 is 11.8 Å². The molecule has 0 atom stereocenters. The van der Waals surface area contributed by atoms with E-state index in [9.17, 15) is 9.59 Å². The van der Waals surface area contributed by atoms with E-state index >= 15 is 0 Å².